The van der Waals surface area contributed by atoms with Crippen LogP contribution in [0.1, 0.15) is 44.9 Å². The molecule has 0 radical (unpaired) electrons. The molecule has 1 aliphatic heterocycles. The summed E-state index contributed by atoms with van der Waals surface area (Å²) in [6.45, 7) is 2.34. The van der Waals surface area contributed by atoms with Crippen LogP contribution in [0.4, 0.5) is 4.79 Å². The van der Waals surface area contributed by atoms with Gasteiger partial charge in [-0.05, 0) is 31.6 Å². The molecule has 0 spiro atoms. The van der Waals surface area contributed by atoms with Gasteiger partial charge in [-0.3, -0.25) is 4.79 Å². The fourth-order valence-electron chi connectivity index (χ4n) is 3.21. The van der Waals surface area contributed by atoms with Crippen molar-refractivity contribution in [2.45, 2.75) is 51.0 Å². The van der Waals surface area contributed by atoms with E-state index in [1.54, 1.807) is 4.90 Å². The maximum atomic E-state index is 12.0. The van der Waals surface area contributed by atoms with Crippen LogP contribution < -0.4 is 5.32 Å². The number of carbonyl (C=O) groups is 2. The molecule has 2 amide bonds. The topological polar surface area (TPSA) is 78.9 Å². The van der Waals surface area contributed by atoms with Gasteiger partial charge in [0.15, 0.2) is 0 Å². The van der Waals surface area contributed by atoms with Crippen LogP contribution in [0.2, 0.25) is 0 Å². The predicted octanol–water partition coefficient (Wildman–Crippen LogP) is 1.84. The summed E-state index contributed by atoms with van der Waals surface area (Å²) in [5.41, 5.74) is 0. The molecule has 1 aliphatic carbocycles. The SMILES string of the molecule is O=C(O)CC1CCCN(C(=O)NCCOC2CCCC2)C1. The van der Waals surface area contributed by atoms with E-state index in [2.05, 4.69) is 5.32 Å². The largest absolute Gasteiger partial charge is 0.481 e. The van der Waals surface area contributed by atoms with Crippen LogP contribution in [-0.2, 0) is 9.53 Å². The van der Waals surface area contributed by atoms with Gasteiger partial charge in [-0.2, -0.15) is 0 Å². The van der Waals surface area contributed by atoms with Crippen molar-refractivity contribution in [1.29, 1.82) is 0 Å². The number of likely N-dealkylation sites (tertiary alicyclic amines) is 1. The van der Waals surface area contributed by atoms with Crippen molar-refractivity contribution < 1.29 is 19.4 Å². The lowest BCUT2D eigenvalue weighted by Gasteiger charge is -2.32. The molecule has 0 aromatic heterocycles. The Morgan fingerprint density at radius 1 is 1.19 bits per heavy atom. The summed E-state index contributed by atoms with van der Waals surface area (Å²) < 4.78 is 5.70. The number of carbonyl (C=O) groups excluding carboxylic acids is 1. The fourth-order valence-corrected chi connectivity index (χ4v) is 3.21. The minimum atomic E-state index is -0.785. The average molecular weight is 298 g/mol. The molecule has 6 heteroatoms. The Hall–Kier alpha value is -1.30. The Balaban J connectivity index is 1.61. The van der Waals surface area contributed by atoms with Gasteiger partial charge in [-0.25, -0.2) is 4.79 Å². The first-order valence-electron chi connectivity index (χ1n) is 8.01. The lowest BCUT2D eigenvalue weighted by molar-refractivity contribution is -0.138. The van der Waals surface area contributed by atoms with Crippen LogP contribution in [0.3, 0.4) is 0 Å². The number of rotatable bonds is 6. The summed E-state index contributed by atoms with van der Waals surface area (Å²) in [5, 5.41) is 11.7. The van der Waals surface area contributed by atoms with E-state index < -0.39 is 5.97 Å². The minimum absolute atomic E-state index is 0.0803. The van der Waals surface area contributed by atoms with Crippen LogP contribution in [0.5, 0.6) is 0 Å². The van der Waals surface area contributed by atoms with E-state index in [4.69, 9.17) is 9.84 Å². The maximum Gasteiger partial charge on any atom is 0.317 e. The van der Waals surface area contributed by atoms with Crippen LogP contribution in [-0.4, -0.2) is 54.4 Å². The summed E-state index contributed by atoms with van der Waals surface area (Å²) in [4.78, 5) is 24.5. The van der Waals surface area contributed by atoms with Crippen molar-refractivity contribution in [2.75, 3.05) is 26.2 Å². The summed E-state index contributed by atoms with van der Waals surface area (Å²) >= 11 is 0. The number of ether oxygens (including phenoxy) is 1. The minimum Gasteiger partial charge on any atom is -0.481 e. The van der Waals surface area contributed by atoms with E-state index in [0.29, 0.717) is 32.3 Å². The van der Waals surface area contributed by atoms with E-state index >= 15 is 0 Å². The molecular weight excluding hydrogens is 272 g/mol. The summed E-state index contributed by atoms with van der Waals surface area (Å²) in [7, 11) is 0. The zero-order valence-corrected chi connectivity index (χ0v) is 12.6. The number of carboxylic acids is 1. The third-order valence-corrected chi connectivity index (χ3v) is 4.30. The monoisotopic (exact) mass is 298 g/mol. The second-order valence-corrected chi connectivity index (χ2v) is 6.06. The second kappa shape index (κ2) is 8.22. The number of hydrogen-bond donors (Lipinski definition) is 2. The average Bonchev–Trinajstić information content (AvgIpc) is 2.96. The number of nitrogens with one attached hydrogen (secondary N) is 1. The molecule has 6 nitrogen and oxygen atoms in total. The molecule has 2 fully saturated rings. The van der Waals surface area contributed by atoms with Gasteiger partial charge < -0.3 is 20.1 Å². The van der Waals surface area contributed by atoms with Gasteiger partial charge in [-0.1, -0.05) is 12.8 Å². The Morgan fingerprint density at radius 3 is 2.67 bits per heavy atom. The second-order valence-electron chi connectivity index (χ2n) is 6.06. The number of nitrogens with zero attached hydrogens (tertiary/aromatic N) is 1. The number of piperidine rings is 1. The van der Waals surface area contributed by atoms with Crippen molar-refractivity contribution in [3.8, 4) is 0 Å². The maximum absolute atomic E-state index is 12.0. The molecule has 0 bridgehead atoms. The Labute approximate surface area is 125 Å². The van der Waals surface area contributed by atoms with Crippen LogP contribution in [0, 0.1) is 5.92 Å². The van der Waals surface area contributed by atoms with E-state index in [1.807, 2.05) is 0 Å². The molecular formula is C15H26N2O4. The molecule has 0 aromatic carbocycles. The van der Waals surface area contributed by atoms with Crippen LogP contribution in [0.25, 0.3) is 0 Å². The zero-order chi connectivity index (χ0) is 15.1. The summed E-state index contributed by atoms with van der Waals surface area (Å²) in [5.74, 6) is -0.705. The molecule has 1 atom stereocenters. The Bertz CT molecular complexity index is 356. The number of hydrogen-bond acceptors (Lipinski definition) is 3. The van der Waals surface area contributed by atoms with E-state index in [9.17, 15) is 9.59 Å². The molecule has 2 aliphatic rings. The van der Waals surface area contributed by atoms with Gasteiger partial charge >= 0.3 is 12.0 Å². The highest BCUT2D eigenvalue weighted by molar-refractivity contribution is 5.74. The van der Waals surface area contributed by atoms with Gasteiger partial charge in [0.2, 0.25) is 0 Å². The van der Waals surface area contributed by atoms with Crippen molar-refractivity contribution in [3.63, 3.8) is 0 Å². The first kappa shape index (κ1) is 16.1. The molecule has 120 valence electrons. The molecule has 2 N–H and O–H groups in total. The number of aliphatic carboxylic acids is 1. The summed E-state index contributed by atoms with van der Waals surface area (Å²) in [6, 6.07) is -0.0971. The van der Waals surface area contributed by atoms with Crippen LogP contribution in [0.15, 0.2) is 0 Å². The lowest BCUT2D eigenvalue weighted by atomic mass is 9.95. The van der Waals surface area contributed by atoms with Gasteiger partial charge in [0.25, 0.3) is 0 Å². The lowest BCUT2D eigenvalue weighted by Crippen LogP contribution is -2.46. The van der Waals surface area contributed by atoms with Crippen molar-refractivity contribution in [3.05, 3.63) is 0 Å². The molecule has 1 unspecified atom stereocenters. The quantitative estimate of drug-likeness (QED) is 0.733. The first-order valence-corrected chi connectivity index (χ1v) is 8.01. The fraction of sp³-hybridized carbons (Fsp3) is 0.867. The first-order chi connectivity index (χ1) is 10.1. The number of urea groups is 1. The summed E-state index contributed by atoms with van der Waals surface area (Å²) in [6.07, 6.45) is 7.05. The Morgan fingerprint density at radius 2 is 1.95 bits per heavy atom. The standard InChI is InChI=1S/C15H26N2O4/c18-14(19)10-12-4-3-8-17(11-12)15(20)16-7-9-21-13-5-1-2-6-13/h12-13H,1-11H2,(H,16,20)(H,18,19). The van der Waals surface area contributed by atoms with Crippen LogP contribution >= 0.6 is 0 Å². The van der Waals surface area contributed by atoms with E-state index in [-0.39, 0.29) is 18.4 Å². The molecule has 1 heterocycles. The number of amides is 2. The normalized spacial score (nSPS) is 23.2. The molecule has 1 saturated heterocycles. The highest BCUT2D eigenvalue weighted by Crippen LogP contribution is 2.21. The van der Waals surface area contributed by atoms with Crippen molar-refractivity contribution in [2.24, 2.45) is 5.92 Å². The smallest absolute Gasteiger partial charge is 0.317 e. The van der Waals surface area contributed by atoms with Gasteiger partial charge in [0, 0.05) is 26.1 Å². The Kier molecular flexibility index (Phi) is 6.29. The molecule has 1 saturated carbocycles. The molecule has 21 heavy (non-hydrogen) atoms. The van der Waals surface area contributed by atoms with Gasteiger partial charge in [0.05, 0.1) is 12.7 Å². The van der Waals surface area contributed by atoms with Crippen molar-refractivity contribution >= 4 is 12.0 Å². The van der Waals surface area contributed by atoms with Crippen molar-refractivity contribution in [1.82, 2.24) is 10.2 Å². The van der Waals surface area contributed by atoms with Gasteiger partial charge in [-0.15, -0.1) is 0 Å². The van der Waals surface area contributed by atoms with E-state index in [1.165, 1.54) is 12.8 Å². The molecule has 2 rings (SSSR count). The predicted molar refractivity (Wildman–Crippen MR) is 78.2 cm³/mol. The van der Waals surface area contributed by atoms with Gasteiger partial charge in [0.1, 0.15) is 0 Å². The highest BCUT2D eigenvalue weighted by atomic mass is 16.5. The zero-order valence-electron chi connectivity index (χ0n) is 12.6. The third-order valence-electron chi connectivity index (χ3n) is 4.30. The third kappa shape index (κ3) is 5.53. The molecule has 0 aromatic rings. The highest BCUT2D eigenvalue weighted by Gasteiger charge is 2.25. The van der Waals surface area contributed by atoms with E-state index in [0.717, 1.165) is 25.7 Å². The number of carboxylic acid groups (broad SMARTS) is 1.